The van der Waals surface area contributed by atoms with Crippen molar-refractivity contribution in [2.24, 2.45) is 5.92 Å². The van der Waals surface area contributed by atoms with Crippen LogP contribution in [0, 0.1) is 5.92 Å². The lowest BCUT2D eigenvalue weighted by Crippen LogP contribution is -2.40. The van der Waals surface area contributed by atoms with E-state index in [-0.39, 0.29) is 29.9 Å². The van der Waals surface area contributed by atoms with Crippen LogP contribution in [0.15, 0.2) is 24.3 Å². The lowest BCUT2D eigenvalue weighted by atomic mass is 10.1. The molecule has 0 aromatic heterocycles. The number of anilines is 1. The molecule has 8 heteroatoms. The summed E-state index contributed by atoms with van der Waals surface area (Å²) in [6.45, 7) is 2.79. The first-order valence-electron chi connectivity index (χ1n) is 8.52. The van der Waals surface area contributed by atoms with Crippen LogP contribution >= 0.6 is 0 Å². The Balaban J connectivity index is 1.73. The molecule has 2 fully saturated rings. The number of benzene rings is 1. The number of hydrogen-bond acceptors (Lipinski definition) is 6. The largest absolute Gasteiger partial charge is 0.396 e. The summed E-state index contributed by atoms with van der Waals surface area (Å²) in [6, 6.07) is 7.31. The zero-order valence-electron chi connectivity index (χ0n) is 14.1. The second-order valence-corrected chi connectivity index (χ2v) is 8.87. The van der Waals surface area contributed by atoms with Crippen molar-refractivity contribution in [3.8, 4) is 0 Å². The van der Waals surface area contributed by atoms with Crippen molar-refractivity contribution in [1.82, 2.24) is 4.90 Å². The molecule has 1 unspecified atom stereocenters. The van der Waals surface area contributed by atoms with E-state index in [1.165, 1.54) is 0 Å². The normalized spacial score (nSPS) is 24.0. The van der Waals surface area contributed by atoms with Crippen LogP contribution in [0.25, 0.3) is 0 Å². The summed E-state index contributed by atoms with van der Waals surface area (Å²) in [7, 11) is -2.93. The van der Waals surface area contributed by atoms with Crippen LogP contribution < -0.4 is 4.90 Å². The maximum atomic E-state index is 12.8. The minimum atomic E-state index is -2.93. The summed E-state index contributed by atoms with van der Waals surface area (Å²) in [5, 5.41) is 9.37. The van der Waals surface area contributed by atoms with Gasteiger partial charge in [0.15, 0.2) is 9.84 Å². The fourth-order valence-electron chi connectivity index (χ4n) is 3.16. The Morgan fingerprint density at radius 2 is 2.00 bits per heavy atom. The number of aliphatic hydroxyl groups is 1. The maximum absolute atomic E-state index is 12.8. The summed E-state index contributed by atoms with van der Waals surface area (Å²) in [5.41, 5.74) is 1.44. The molecule has 138 valence electrons. The molecule has 7 nitrogen and oxygen atoms in total. The van der Waals surface area contributed by atoms with Crippen LogP contribution in [0.5, 0.6) is 0 Å². The van der Waals surface area contributed by atoms with Crippen molar-refractivity contribution in [3.05, 3.63) is 29.8 Å². The lowest BCUT2D eigenvalue weighted by molar-refractivity contribution is 0.0728. The molecule has 0 aliphatic carbocycles. The van der Waals surface area contributed by atoms with E-state index < -0.39 is 9.84 Å². The molecule has 3 rings (SSSR count). The second kappa shape index (κ2) is 7.72. The van der Waals surface area contributed by atoms with E-state index in [9.17, 15) is 18.3 Å². The van der Waals surface area contributed by atoms with Crippen LogP contribution in [0.2, 0.25) is 0 Å². The highest BCUT2D eigenvalue weighted by Crippen LogP contribution is 2.20. The van der Waals surface area contributed by atoms with Crippen LogP contribution in [-0.4, -0.2) is 81.8 Å². The van der Waals surface area contributed by atoms with Gasteiger partial charge in [-0.1, -0.05) is 6.07 Å². The third-order valence-electron chi connectivity index (χ3n) is 4.69. The number of carbonyl (C=O) groups is 1. The number of amides is 1. The minimum Gasteiger partial charge on any atom is -0.396 e. The summed E-state index contributed by atoms with van der Waals surface area (Å²) in [5.74, 6) is 0.136. The number of carbonyl (C=O) groups excluding carboxylic acids is 1. The predicted molar refractivity (Wildman–Crippen MR) is 94.6 cm³/mol. The molecule has 2 saturated heterocycles. The van der Waals surface area contributed by atoms with Gasteiger partial charge in [0, 0.05) is 50.0 Å². The van der Waals surface area contributed by atoms with Crippen molar-refractivity contribution in [2.45, 2.75) is 0 Å². The fraction of sp³-hybridized carbons (Fsp3) is 0.588. The molecule has 0 spiro atoms. The molecule has 1 amide bonds. The zero-order valence-corrected chi connectivity index (χ0v) is 15.0. The molecule has 2 heterocycles. The number of nitrogens with zero attached hydrogens (tertiary/aromatic N) is 2. The topological polar surface area (TPSA) is 87.2 Å². The van der Waals surface area contributed by atoms with E-state index in [4.69, 9.17) is 4.74 Å². The third kappa shape index (κ3) is 4.50. The first kappa shape index (κ1) is 18.2. The number of rotatable bonds is 3. The summed E-state index contributed by atoms with van der Waals surface area (Å²) in [6.07, 6.45) is 0. The lowest BCUT2D eigenvalue weighted by Gasteiger charge is -2.29. The average Bonchev–Trinajstić information content (AvgIpc) is 2.87. The first-order valence-corrected chi connectivity index (χ1v) is 10.3. The second-order valence-electron chi connectivity index (χ2n) is 6.56. The Kier molecular flexibility index (Phi) is 5.61. The van der Waals surface area contributed by atoms with Gasteiger partial charge < -0.3 is 19.6 Å². The smallest absolute Gasteiger partial charge is 0.254 e. The molecular formula is C17H24N2O5S. The molecule has 25 heavy (non-hydrogen) atoms. The van der Waals surface area contributed by atoms with Gasteiger partial charge in [-0.2, -0.15) is 0 Å². The first-order chi connectivity index (χ1) is 12.0. The zero-order chi connectivity index (χ0) is 17.9. The molecule has 0 saturated carbocycles. The summed E-state index contributed by atoms with van der Waals surface area (Å²) < 4.78 is 28.6. The van der Waals surface area contributed by atoms with Gasteiger partial charge in [-0.05, 0) is 18.2 Å². The monoisotopic (exact) mass is 368 g/mol. The Bertz CT molecular complexity index is 708. The molecule has 2 aliphatic heterocycles. The van der Waals surface area contributed by atoms with E-state index in [1.54, 1.807) is 11.0 Å². The fourth-order valence-corrected chi connectivity index (χ4v) is 4.37. The van der Waals surface area contributed by atoms with Crippen molar-refractivity contribution in [2.75, 3.05) is 62.4 Å². The van der Waals surface area contributed by atoms with Gasteiger partial charge in [-0.15, -0.1) is 0 Å². The predicted octanol–water partition coefficient (Wildman–Crippen LogP) is 0.00230. The molecule has 1 aromatic rings. The van der Waals surface area contributed by atoms with Gasteiger partial charge in [-0.25, -0.2) is 8.42 Å². The van der Waals surface area contributed by atoms with E-state index >= 15 is 0 Å². The Labute approximate surface area is 148 Å². The third-order valence-corrected chi connectivity index (χ3v) is 6.29. The number of sulfone groups is 1. The van der Waals surface area contributed by atoms with Crippen molar-refractivity contribution in [1.29, 1.82) is 0 Å². The molecule has 2 aliphatic rings. The highest BCUT2D eigenvalue weighted by atomic mass is 32.2. The van der Waals surface area contributed by atoms with Crippen LogP contribution in [0.1, 0.15) is 10.4 Å². The maximum Gasteiger partial charge on any atom is 0.254 e. The van der Waals surface area contributed by atoms with E-state index in [0.29, 0.717) is 45.0 Å². The van der Waals surface area contributed by atoms with Gasteiger partial charge >= 0.3 is 0 Å². The van der Waals surface area contributed by atoms with Crippen molar-refractivity contribution < 1.29 is 23.1 Å². The molecule has 0 bridgehead atoms. The Morgan fingerprint density at radius 3 is 2.72 bits per heavy atom. The van der Waals surface area contributed by atoms with Crippen molar-refractivity contribution in [3.63, 3.8) is 0 Å². The average molecular weight is 368 g/mol. The highest BCUT2D eigenvalue weighted by molar-refractivity contribution is 7.91. The molecule has 1 aromatic carbocycles. The van der Waals surface area contributed by atoms with Crippen LogP contribution in [0.4, 0.5) is 5.69 Å². The van der Waals surface area contributed by atoms with Gasteiger partial charge in [0.1, 0.15) is 0 Å². The van der Waals surface area contributed by atoms with E-state index in [0.717, 1.165) is 5.69 Å². The number of ether oxygens (including phenoxy) is 1. The highest BCUT2D eigenvalue weighted by Gasteiger charge is 2.25. The molecule has 0 radical (unpaired) electrons. The van der Waals surface area contributed by atoms with Crippen LogP contribution in [0.3, 0.4) is 0 Å². The molecule has 1 atom stereocenters. The van der Waals surface area contributed by atoms with Gasteiger partial charge in [-0.3, -0.25) is 4.79 Å². The van der Waals surface area contributed by atoms with Crippen molar-refractivity contribution >= 4 is 21.4 Å². The number of hydrogen-bond donors (Lipinski definition) is 1. The number of aliphatic hydroxyl groups excluding tert-OH is 1. The summed E-state index contributed by atoms with van der Waals surface area (Å²) >= 11 is 0. The Hall–Kier alpha value is -1.64. The molecular weight excluding hydrogens is 344 g/mol. The quantitative estimate of drug-likeness (QED) is 0.808. The van der Waals surface area contributed by atoms with E-state index in [1.807, 2.05) is 23.1 Å². The van der Waals surface area contributed by atoms with Gasteiger partial charge in [0.2, 0.25) is 0 Å². The standard InChI is InChI=1S/C17H24N2O5S/c20-12-14-11-19(4-7-24-13-14)17(21)15-2-1-3-16(10-15)18-5-8-25(22,23)9-6-18/h1-3,10,14,20H,4-9,11-13H2. The van der Waals surface area contributed by atoms with Gasteiger partial charge in [0.25, 0.3) is 5.91 Å². The minimum absolute atomic E-state index is 0.00787. The van der Waals surface area contributed by atoms with E-state index in [2.05, 4.69) is 0 Å². The SMILES string of the molecule is O=C(c1cccc(N2CCS(=O)(=O)CC2)c1)N1CCOCC(CO)C1. The summed E-state index contributed by atoms with van der Waals surface area (Å²) in [4.78, 5) is 16.5. The molecule has 1 N–H and O–H groups in total. The Morgan fingerprint density at radius 1 is 1.24 bits per heavy atom. The van der Waals surface area contributed by atoms with Crippen LogP contribution in [-0.2, 0) is 14.6 Å². The van der Waals surface area contributed by atoms with Gasteiger partial charge in [0.05, 0.1) is 24.7 Å².